The van der Waals surface area contributed by atoms with E-state index in [0.29, 0.717) is 32.2 Å². The van der Waals surface area contributed by atoms with Crippen LogP contribution in [0.3, 0.4) is 0 Å². The first kappa shape index (κ1) is 36.5. The summed E-state index contributed by atoms with van der Waals surface area (Å²) in [7, 11) is 2.03. The number of carbonyl (C=O) groups excluding carboxylic acids is 5. The van der Waals surface area contributed by atoms with E-state index in [9.17, 15) is 24.0 Å². The number of hydrogen-bond acceptors (Lipinski definition) is 5. The molecule has 0 spiro atoms. The predicted molar refractivity (Wildman–Crippen MR) is 167 cm³/mol. The fourth-order valence-electron chi connectivity index (χ4n) is 5.83. The molecule has 1 saturated carbocycles. The molecule has 0 bridgehead atoms. The zero-order valence-electron chi connectivity index (χ0n) is 28.1. The Balaban J connectivity index is 2.17. The topological polar surface area (TPSA) is 153 Å². The van der Waals surface area contributed by atoms with Gasteiger partial charge in [0.15, 0.2) is 0 Å². The predicted octanol–water partition coefficient (Wildman–Crippen LogP) is 1.85. The Morgan fingerprint density at radius 1 is 0.907 bits per heavy atom. The Bertz CT molecular complexity index is 984. The van der Waals surface area contributed by atoms with Gasteiger partial charge in [0, 0.05) is 25.0 Å². The van der Waals surface area contributed by atoms with Gasteiger partial charge in [0.05, 0.1) is 19.6 Å². The standard InChI is InChI=1S/C32H58N6O5/c1-10-11-13-22(24(39)28(41)34-21-15-16-21)35-27(40)23-14-12-19-38(23)29(42)26(32(6,7)8)37-30(43)36-25(31(3,4)5)20(2)17-18-33-9/h20-23,25-26,33H,10-19H2,1-9H3,(H,34,41)(H,35,40)(H2,36,37,43)/p+1/t20-,22?,23+,25-,26-/m1/s1. The summed E-state index contributed by atoms with van der Waals surface area (Å²) < 4.78 is 0. The summed E-state index contributed by atoms with van der Waals surface area (Å²) in [5.41, 5.74) is -0.816. The summed E-state index contributed by atoms with van der Waals surface area (Å²) in [6, 6.07) is -3.07. The largest absolute Gasteiger partial charge is 0.349 e. The second-order valence-electron chi connectivity index (χ2n) is 14.7. The zero-order valence-corrected chi connectivity index (χ0v) is 28.1. The van der Waals surface area contributed by atoms with Crippen LogP contribution < -0.4 is 26.6 Å². The summed E-state index contributed by atoms with van der Waals surface area (Å²) >= 11 is 0. The van der Waals surface area contributed by atoms with Crippen LogP contribution in [0.4, 0.5) is 4.79 Å². The van der Waals surface area contributed by atoms with Crippen LogP contribution in [0.25, 0.3) is 0 Å². The second-order valence-corrected chi connectivity index (χ2v) is 14.7. The summed E-state index contributed by atoms with van der Waals surface area (Å²) in [6.45, 7) is 17.4. The summed E-state index contributed by atoms with van der Waals surface area (Å²) in [6.07, 6.45) is 5.58. The Morgan fingerprint density at radius 3 is 2.09 bits per heavy atom. The number of hydrogen-bond donors (Lipinski definition) is 5. The molecule has 0 radical (unpaired) electrons. The SMILES string of the molecule is CCCCC(NC(=O)[C@@H]1CCCN1C(=O)[C@@H](NC(=O)N[C@H]([C@H](C)CC[NH2+]C)C(C)(C)C)C(C)(C)C)C(=O)C(=O)NC1CC1. The Labute approximate surface area is 258 Å². The lowest BCUT2D eigenvalue weighted by atomic mass is 9.78. The van der Waals surface area contributed by atoms with E-state index in [4.69, 9.17) is 0 Å². The molecule has 2 aliphatic rings. The van der Waals surface area contributed by atoms with Crippen LogP contribution in [0.2, 0.25) is 0 Å². The molecule has 6 N–H and O–H groups in total. The number of nitrogens with zero attached hydrogens (tertiary/aromatic N) is 1. The quantitative estimate of drug-likeness (QED) is 0.180. The first-order valence-corrected chi connectivity index (χ1v) is 16.3. The molecule has 11 nitrogen and oxygen atoms in total. The first-order chi connectivity index (χ1) is 20.0. The molecule has 2 rings (SSSR count). The number of Topliss-reactive ketones (excluding diaryl/α,β-unsaturated/α-hetero) is 1. The third-order valence-corrected chi connectivity index (χ3v) is 8.54. The van der Waals surface area contributed by atoms with Crippen molar-refractivity contribution in [2.45, 2.75) is 137 Å². The van der Waals surface area contributed by atoms with Crippen molar-refractivity contribution < 1.29 is 29.3 Å². The van der Waals surface area contributed by atoms with Gasteiger partial charge in [-0.3, -0.25) is 19.2 Å². The molecule has 0 aromatic heterocycles. The molecule has 2 fully saturated rings. The van der Waals surface area contributed by atoms with Gasteiger partial charge >= 0.3 is 6.03 Å². The molecule has 5 amide bonds. The van der Waals surface area contributed by atoms with Gasteiger partial charge in [-0.1, -0.05) is 68.2 Å². The molecule has 0 aromatic carbocycles. The van der Waals surface area contributed by atoms with Crippen molar-refractivity contribution in [2.75, 3.05) is 20.1 Å². The van der Waals surface area contributed by atoms with Gasteiger partial charge in [-0.25, -0.2) is 4.79 Å². The molecule has 1 heterocycles. The maximum atomic E-state index is 14.0. The molecule has 1 aliphatic carbocycles. The Hall–Kier alpha value is -2.69. The van der Waals surface area contributed by atoms with Crippen LogP contribution in [0, 0.1) is 16.7 Å². The number of rotatable bonds is 15. The molecule has 1 saturated heterocycles. The second kappa shape index (κ2) is 15.9. The molecular formula is C32H59N6O5+. The van der Waals surface area contributed by atoms with E-state index in [2.05, 4.69) is 54.3 Å². The molecule has 246 valence electrons. The maximum absolute atomic E-state index is 14.0. The molecule has 43 heavy (non-hydrogen) atoms. The monoisotopic (exact) mass is 607 g/mol. The van der Waals surface area contributed by atoms with E-state index >= 15 is 0 Å². The van der Waals surface area contributed by atoms with Crippen molar-refractivity contribution in [2.24, 2.45) is 16.7 Å². The van der Waals surface area contributed by atoms with Crippen molar-refractivity contribution in [3.63, 3.8) is 0 Å². The minimum absolute atomic E-state index is 0.0395. The third-order valence-electron chi connectivity index (χ3n) is 8.54. The highest BCUT2D eigenvalue weighted by Crippen LogP contribution is 2.28. The van der Waals surface area contributed by atoms with Gasteiger partial charge in [0.2, 0.25) is 17.6 Å². The molecule has 11 heteroatoms. The number of likely N-dealkylation sites (tertiary alicyclic amines) is 1. The summed E-state index contributed by atoms with van der Waals surface area (Å²) in [5, 5.41) is 13.7. The zero-order chi connectivity index (χ0) is 32.5. The minimum Gasteiger partial charge on any atom is -0.349 e. The van der Waals surface area contributed by atoms with Crippen LogP contribution in [0.15, 0.2) is 0 Å². The van der Waals surface area contributed by atoms with Crippen LogP contribution in [0.5, 0.6) is 0 Å². The average molecular weight is 608 g/mol. The number of carbonyl (C=O) groups is 5. The van der Waals surface area contributed by atoms with Crippen molar-refractivity contribution in [1.82, 2.24) is 26.2 Å². The summed E-state index contributed by atoms with van der Waals surface area (Å²) in [5.74, 6) is -1.85. The number of nitrogens with two attached hydrogens (primary N) is 1. The van der Waals surface area contributed by atoms with Crippen molar-refractivity contribution in [3.8, 4) is 0 Å². The Kier molecular flexibility index (Phi) is 13.5. The smallest absolute Gasteiger partial charge is 0.315 e. The van der Waals surface area contributed by atoms with Gasteiger partial charge in [-0.2, -0.15) is 0 Å². The normalized spacial score (nSPS) is 20.0. The number of urea groups is 1. The number of amides is 5. The lowest BCUT2D eigenvalue weighted by Gasteiger charge is -2.38. The highest BCUT2D eigenvalue weighted by atomic mass is 16.2. The maximum Gasteiger partial charge on any atom is 0.315 e. The van der Waals surface area contributed by atoms with Crippen LogP contribution in [-0.4, -0.2) is 84.8 Å². The molecule has 5 atom stereocenters. The fourth-order valence-corrected chi connectivity index (χ4v) is 5.83. The lowest BCUT2D eigenvalue weighted by Crippen LogP contribution is -2.80. The van der Waals surface area contributed by atoms with E-state index in [0.717, 1.165) is 32.2 Å². The van der Waals surface area contributed by atoms with Crippen molar-refractivity contribution >= 4 is 29.5 Å². The van der Waals surface area contributed by atoms with Gasteiger partial charge in [-0.15, -0.1) is 0 Å². The van der Waals surface area contributed by atoms with E-state index in [1.165, 1.54) is 4.90 Å². The molecule has 1 unspecified atom stereocenters. The molecule has 1 aliphatic heterocycles. The minimum atomic E-state index is -0.937. The first-order valence-electron chi connectivity index (χ1n) is 16.3. The molecular weight excluding hydrogens is 548 g/mol. The highest BCUT2D eigenvalue weighted by molar-refractivity contribution is 6.38. The number of quaternary nitrogens is 1. The van der Waals surface area contributed by atoms with Crippen molar-refractivity contribution in [1.29, 1.82) is 0 Å². The van der Waals surface area contributed by atoms with Gasteiger partial charge < -0.3 is 31.5 Å². The van der Waals surface area contributed by atoms with Crippen molar-refractivity contribution in [3.05, 3.63) is 0 Å². The van der Waals surface area contributed by atoms with Gasteiger partial charge in [0.25, 0.3) is 5.91 Å². The van der Waals surface area contributed by atoms with Gasteiger partial charge in [-0.05, 0) is 48.9 Å². The van der Waals surface area contributed by atoms with Gasteiger partial charge in [0.1, 0.15) is 12.1 Å². The van der Waals surface area contributed by atoms with Crippen LogP contribution >= 0.6 is 0 Å². The van der Waals surface area contributed by atoms with Crippen LogP contribution in [0.1, 0.15) is 107 Å². The van der Waals surface area contributed by atoms with E-state index < -0.39 is 47.2 Å². The number of unbranched alkanes of at least 4 members (excludes halogenated alkanes) is 1. The highest BCUT2D eigenvalue weighted by Gasteiger charge is 2.43. The van der Waals surface area contributed by atoms with E-state index in [1.54, 1.807) is 0 Å². The third kappa shape index (κ3) is 11.1. The molecule has 0 aromatic rings. The van der Waals surface area contributed by atoms with E-state index in [1.807, 2.05) is 34.7 Å². The number of nitrogens with one attached hydrogen (secondary N) is 4. The lowest BCUT2D eigenvalue weighted by molar-refractivity contribution is -0.628. The summed E-state index contributed by atoms with van der Waals surface area (Å²) in [4.78, 5) is 67.8. The fraction of sp³-hybridized carbons (Fsp3) is 0.844. The van der Waals surface area contributed by atoms with Crippen LogP contribution in [-0.2, 0) is 19.2 Å². The van der Waals surface area contributed by atoms with E-state index in [-0.39, 0.29) is 29.3 Å². The Morgan fingerprint density at radius 2 is 1.56 bits per heavy atom. The average Bonchev–Trinajstić information content (AvgIpc) is 3.59. The number of ketones is 1.